The summed E-state index contributed by atoms with van der Waals surface area (Å²) in [5.41, 5.74) is -0.517. The number of hydrogen-bond acceptors (Lipinski definition) is 2. The van der Waals surface area contributed by atoms with Gasteiger partial charge in [-0.2, -0.15) is 0 Å². The summed E-state index contributed by atoms with van der Waals surface area (Å²) >= 11 is 0. The smallest absolute Gasteiger partial charge is 0.326 e. The van der Waals surface area contributed by atoms with Crippen molar-refractivity contribution in [2.75, 3.05) is 0 Å². The molecule has 16 heavy (non-hydrogen) atoms. The van der Waals surface area contributed by atoms with Crippen molar-refractivity contribution in [3.8, 4) is 0 Å². The Balaban J connectivity index is 4.49. The van der Waals surface area contributed by atoms with Crippen LogP contribution in [0.2, 0.25) is 0 Å². The zero-order valence-electron chi connectivity index (χ0n) is 10.8. The minimum atomic E-state index is -0.976. The van der Waals surface area contributed by atoms with Crippen LogP contribution in [0.4, 0.5) is 0 Å². The molecule has 4 nitrogen and oxygen atoms in total. The normalized spacial score (nSPS) is 13.6. The molecule has 0 saturated carbocycles. The molecule has 0 radical (unpaired) electrons. The molecule has 4 heteroatoms. The van der Waals surface area contributed by atoms with Crippen molar-refractivity contribution in [2.45, 2.75) is 53.5 Å². The summed E-state index contributed by atoms with van der Waals surface area (Å²) in [4.78, 5) is 22.7. The molecule has 1 unspecified atom stereocenters. The summed E-state index contributed by atoms with van der Waals surface area (Å²) in [5, 5.41) is 11.4. The highest BCUT2D eigenvalue weighted by Gasteiger charge is 2.31. The summed E-state index contributed by atoms with van der Waals surface area (Å²) in [6, 6.07) is -0.779. The molecule has 0 bridgehead atoms. The van der Waals surface area contributed by atoms with E-state index in [1.54, 1.807) is 6.92 Å². The van der Waals surface area contributed by atoms with Gasteiger partial charge in [0.2, 0.25) is 5.91 Å². The van der Waals surface area contributed by atoms with Gasteiger partial charge in [-0.05, 0) is 18.8 Å². The molecule has 94 valence electrons. The number of carboxylic acid groups (broad SMARTS) is 1. The Kier molecular flexibility index (Phi) is 5.48. The molecule has 0 aliphatic rings. The highest BCUT2D eigenvalue weighted by Crippen LogP contribution is 2.25. The number of carbonyl (C=O) groups excluding carboxylic acids is 1. The maximum Gasteiger partial charge on any atom is 0.326 e. The number of aliphatic carboxylic acids is 1. The molecule has 0 aliphatic heterocycles. The Labute approximate surface area is 97.4 Å². The van der Waals surface area contributed by atoms with E-state index in [9.17, 15) is 9.59 Å². The highest BCUT2D eigenvalue weighted by atomic mass is 16.4. The topological polar surface area (TPSA) is 66.4 Å². The predicted molar refractivity (Wildman–Crippen MR) is 63.1 cm³/mol. The van der Waals surface area contributed by atoms with Gasteiger partial charge in [0.1, 0.15) is 6.04 Å². The van der Waals surface area contributed by atoms with E-state index < -0.39 is 17.4 Å². The van der Waals surface area contributed by atoms with Gasteiger partial charge in [-0.25, -0.2) is 4.79 Å². The molecule has 0 spiro atoms. The number of carbonyl (C=O) groups is 2. The zero-order valence-corrected chi connectivity index (χ0v) is 10.8. The fourth-order valence-electron chi connectivity index (χ4n) is 1.81. The fraction of sp³-hybridized carbons (Fsp3) is 0.833. The van der Waals surface area contributed by atoms with Crippen molar-refractivity contribution in [3.63, 3.8) is 0 Å². The molecular weight excluding hydrogens is 206 g/mol. The van der Waals surface area contributed by atoms with E-state index in [1.807, 2.05) is 27.7 Å². The molecule has 0 aromatic rings. The molecule has 2 N–H and O–H groups in total. The minimum absolute atomic E-state index is 0.185. The number of hydrogen-bond donors (Lipinski definition) is 2. The van der Waals surface area contributed by atoms with E-state index in [4.69, 9.17) is 5.11 Å². The number of nitrogens with one attached hydrogen (secondary N) is 1. The van der Waals surface area contributed by atoms with Crippen LogP contribution >= 0.6 is 0 Å². The first-order chi connectivity index (χ1) is 7.20. The average Bonchev–Trinajstić information content (AvgIpc) is 2.10. The lowest BCUT2D eigenvalue weighted by molar-refractivity contribution is -0.143. The third-order valence-corrected chi connectivity index (χ3v) is 2.54. The first-order valence-corrected chi connectivity index (χ1v) is 5.74. The molecule has 0 heterocycles. The van der Waals surface area contributed by atoms with Gasteiger partial charge in [-0.3, -0.25) is 4.79 Å². The van der Waals surface area contributed by atoms with Crippen molar-refractivity contribution in [1.82, 2.24) is 5.32 Å². The Hall–Kier alpha value is -1.06. The van der Waals surface area contributed by atoms with Crippen molar-refractivity contribution in [1.29, 1.82) is 0 Å². The molecule has 0 fully saturated rings. The third kappa shape index (κ3) is 4.64. The Morgan fingerprint density at radius 3 is 2.12 bits per heavy atom. The lowest BCUT2D eigenvalue weighted by atomic mass is 9.83. The average molecular weight is 229 g/mol. The molecule has 0 aromatic carbocycles. The van der Waals surface area contributed by atoms with Crippen molar-refractivity contribution in [2.24, 2.45) is 11.3 Å². The van der Waals surface area contributed by atoms with Gasteiger partial charge in [0.15, 0.2) is 0 Å². The maximum absolute atomic E-state index is 11.9. The number of carboxylic acids is 1. The summed E-state index contributed by atoms with van der Waals surface area (Å²) < 4.78 is 0. The van der Waals surface area contributed by atoms with E-state index in [2.05, 4.69) is 5.32 Å². The molecule has 0 saturated heterocycles. The van der Waals surface area contributed by atoms with Crippen LogP contribution < -0.4 is 5.32 Å². The quantitative estimate of drug-likeness (QED) is 0.732. The van der Waals surface area contributed by atoms with Gasteiger partial charge < -0.3 is 10.4 Å². The van der Waals surface area contributed by atoms with E-state index >= 15 is 0 Å². The summed E-state index contributed by atoms with van der Waals surface area (Å²) in [6.45, 7) is 9.52. The van der Waals surface area contributed by atoms with E-state index in [-0.39, 0.29) is 5.91 Å². The van der Waals surface area contributed by atoms with Crippen LogP contribution in [-0.4, -0.2) is 23.0 Å². The van der Waals surface area contributed by atoms with Gasteiger partial charge in [0.05, 0.1) is 0 Å². The maximum atomic E-state index is 11.9. The molecule has 1 amide bonds. The van der Waals surface area contributed by atoms with Crippen molar-refractivity contribution in [3.05, 3.63) is 0 Å². The first kappa shape index (κ1) is 14.9. The standard InChI is InChI=1S/C12H23NO3/c1-6-9(10(14)15)13-11(16)12(4,5)7-8(2)3/h8-9H,6-7H2,1-5H3,(H,13,16)(H,14,15). The van der Waals surface area contributed by atoms with E-state index in [0.717, 1.165) is 6.42 Å². The molecule has 1 atom stereocenters. The SMILES string of the molecule is CCC(NC(=O)C(C)(C)CC(C)C)C(=O)O. The van der Waals surface area contributed by atoms with Crippen LogP contribution in [0.1, 0.15) is 47.5 Å². The summed E-state index contributed by atoms with van der Waals surface area (Å²) in [7, 11) is 0. The molecule has 0 aromatic heterocycles. The van der Waals surface area contributed by atoms with E-state index in [1.165, 1.54) is 0 Å². The third-order valence-electron chi connectivity index (χ3n) is 2.54. The van der Waals surface area contributed by atoms with E-state index in [0.29, 0.717) is 12.3 Å². The summed E-state index contributed by atoms with van der Waals surface area (Å²) in [5.74, 6) is -0.752. The monoisotopic (exact) mass is 229 g/mol. The minimum Gasteiger partial charge on any atom is -0.480 e. The first-order valence-electron chi connectivity index (χ1n) is 5.74. The molecule has 0 aliphatic carbocycles. The number of amides is 1. The van der Waals surface area contributed by atoms with Crippen LogP contribution in [0.3, 0.4) is 0 Å². The second kappa shape index (κ2) is 5.87. The fourth-order valence-corrected chi connectivity index (χ4v) is 1.81. The Bertz CT molecular complexity index is 259. The van der Waals surface area contributed by atoms with Crippen LogP contribution in [0.5, 0.6) is 0 Å². The highest BCUT2D eigenvalue weighted by molar-refractivity contribution is 5.86. The van der Waals surface area contributed by atoms with Gasteiger partial charge in [-0.15, -0.1) is 0 Å². The predicted octanol–water partition coefficient (Wildman–Crippen LogP) is 2.04. The van der Waals surface area contributed by atoms with Gasteiger partial charge >= 0.3 is 5.97 Å². The van der Waals surface area contributed by atoms with Gasteiger partial charge in [0.25, 0.3) is 0 Å². The Morgan fingerprint density at radius 2 is 1.81 bits per heavy atom. The Morgan fingerprint density at radius 1 is 1.31 bits per heavy atom. The van der Waals surface area contributed by atoms with Gasteiger partial charge in [-0.1, -0.05) is 34.6 Å². The van der Waals surface area contributed by atoms with Crippen LogP contribution in [-0.2, 0) is 9.59 Å². The molecular formula is C12H23NO3. The van der Waals surface area contributed by atoms with Crippen molar-refractivity contribution >= 4 is 11.9 Å². The lowest BCUT2D eigenvalue weighted by Crippen LogP contribution is -2.46. The van der Waals surface area contributed by atoms with Gasteiger partial charge in [0, 0.05) is 5.41 Å². The largest absolute Gasteiger partial charge is 0.480 e. The lowest BCUT2D eigenvalue weighted by Gasteiger charge is -2.27. The van der Waals surface area contributed by atoms with Crippen molar-refractivity contribution < 1.29 is 14.7 Å². The second-order valence-corrected chi connectivity index (χ2v) is 5.25. The zero-order chi connectivity index (χ0) is 12.9. The second-order valence-electron chi connectivity index (χ2n) is 5.25. The van der Waals surface area contributed by atoms with Crippen LogP contribution in [0.25, 0.3) is 0 Å². The van der Waals surface area contributed by atoms with Crippen LogP contribution in [0, 0.1) is 11.3 Å². The summed E-state index contributed by atoms with van der Waals surface area (Å²) in [6.07, 6.45) is 1.15. The molecule has 0 rings (SSSR count). The number of rotatable bonds is 6. The van der Waals surface area contributed by atoms with Crippen LogP contribution in [0.15, 0.2) is 0 Å².